The van der Waals surface area contributed by atoms with Gasteiger partial charge in [-0.25, -0.2) is 9.59 Å². The highest BCUT2D eigenvalue weighted by atomic mass is 127. The Morgan fingerprint density at radius 2 is 1.37 bits per heavy atom. The Hall–Kier alpha value is -2.02. The number of nitrogens with zero attached hydrogens (tertiary/aromatic N) is 1. The molecule has 140 valence electrons. The minimum absolute atomic E-state index is 0.204. The summed E-state index contributed by atoms with van der Waals surface area (Å²) in [5.74, 6) is -2.68. The van der Waals surface area contributed by atoms with E-state index in [-0.39, 0.29) is 29.9 Å². The van der Waals surface area contributed by atoms with E-state index in [9.17, 15) is 14.4 Å². The number of carbonyl (C=O) groups excluding carboxylic acids is 3. The molecular formula is C18H13I2NO6. The predicted molar refractivity (Wildman–Crippen MR) is 113 cm³/mol. The second-order valence-corrected chi connectivity index (χ2v) is 7.66. The standard InChI is InChI=1S/C18H13I2NO6/c19-13-5-1-3-11(9-13)17(23)26-15(21-25)7-8-16(22)27-18(24)12-4-2-6-14(20)10-12/h1-6,9-10,25H,7-8H2/b21-15-. The van der Waals surface area contributed by atoms with Crippen LogP contribution in [0.4, 0.5) is 0 Å². The summed E-state index contributed by atoms with van der Waals surface area (Å²) in [5.41, 5.74) is 0.524. The van der Waals surface area contributed by atoms with Crippen LogP contribution in [0.15, 0.2) is 53.7 Å². The normalized spacial score (nSPS) is 11.0. The van der Waals surface area contributed by atoms with E-state index in [1.807, 2.05) is 45.2 Å². The minimum atomic E-state index is -0.828. The monoisotopic (exact) mass is 593 g/mol. The first kappa shape index (κ1) is 21.3. The molecule has 0 bridgehead atoms. The van der Waals surface area contributed by atoms with Gasteiger partial charge in [-0.15, -0.1) is 0 Å². The van der Waals surface area contributed by atoms with Crippen molar-refractivity contribution < 1.29 is 29.1 Å². The van der Waals surface area contributed by atoms with Gasteiger partial charge in [0.2, 0.25) is 5.90 Å². The van der Waals surface area contributed by atoms with Crippen molar-refractivity contribution in [3.63, 3.8) is 0 Å². The number of ether oxygens (including phenoxy) is 2. The van der Waals surface area contributed by atoms with Crippen LogP contribution in [0.5, 0.6) is 0 Å². The molecule has 0 spiro atoms. The molecule has 0 heterocycles. The topological polar surface area (TPSA) is 102 Å². The number of halogens is 2. The summed E-state index contributed by atoms with van der Waals surface area (Å²) in [6.07, 6.45) is -0.501. The van der Waals surface area contributed by atoms with Gasteiger partial charge in [0.05, 0.1) is 17.5 Å². The Bertz CT molecular complexity index is 897. The number of hydrogen-bond acceptors (Lipinski definition) is 7. The van der Waals surface area contributed by atoms with Gasteiger partial charge < -0.3 is 14.7 Å². The van der Waals surface area contributed by atoms with E-state index < -0.39 is 17.9 Å². The van der Waals surface area contributed by atoms with E-state index in [4.69, 9.17) is 14.7 Å². The lowest BCUT2D eigenvalue weighted by molar-refractivity contribution is -0.137. The first-order valence-electron chi connectivity index (χ1n) is 7.58. The Kier molecular flexibility index (Phi) is 8.16. The van der Waals surface area contributed by atoms with Crippen LogP contribution in [0.3, 0.4) is 0 Å². The van der Waals surface area contributed by atoms with Gasteiger partial charge in [-0.05, 0) is 81.6 Å². The van der Waals surface area contributed by atoms with Crippen LogP contribution < -0.4 is 0 Å². The molecule has 0 aliphatic carbocycles. The molecule has 0 aromatic heterocycles. The van der Waals surface area contributed by atoms with E-state index in [2.05, 4.69) is 5.16 Å². The molecule has 7 nitrogen and oxygen atoms in total. The number of oxime groups is 1. The summed E-state index contributed by atoms with van der Waals surface area (Å²) in [4.78, 5) is 35.7. The zero-order valence-electron chi connectivity index (χ0n) is 13.7. The van der Waals surface area contributed by atoms with Gasteiger partial charge in [0.1, 0.15) is 0 Å². The molecule has 0 fully saturated rings. The van der Waals surface area contributed by atoms with Crippen LogP contribution in [-0.4, -0.2) is 29.0 Å². The zero-order chi connectivity index (χ0) is 19.8. The molecule has 0 aliphatic rings. The quantitative estimate of drug-likeness (QED) is 0.107. The molecule has 0 amide bonds. The van der Waals surface area contributed by atoms with Gasteiger partial charge >= 0.3 is 17.9 Å². The van der Waals surface area contributed by atoms with Crippen molar-refractivity contribution in [3.05, 3.63) is 66.8 Å². The first-order valence-corrected chi connectivity index (χ1v) is 9.74. The number of carbonyl (C=O) groups is 3. The minimum Gasteiger partial charge on any atom is -0.408 e. The molecule has 0 saturated heterocycles. The van der Waals surface area contributed by atoms with Crippen LogP contribution in [0.25, 0.3) is 0 Å². The van der Waals surface area contributed by atoms with Crippen molar-refractivity contribution in [3.8, 4) is 0 Å². The maximum atomic E-state index is 12.0. The number of benzene rings is 2. The van der Waals surface area contributed by atoms with Crippen molar-refractivity contribution in [2.45, 2.75) is 12.8 Å². The Labute approximate surface area is 182 Å². The summed E-state index contributed by atoms with van der Waals surface area (Å²) in [6.45, 7) is 0. The second kappa shape index (κ2) is 10.3. The molecule has 2 aromatic rings. The Morgan fingerprint density at radius 1 is 0.852 bits per heavy atom. The fraction of sp³-hybridized carbons (Fsp3) is 0.111. The molecule has 2 rings (SSSR count). The van der Waals surface area contributed by atoms with Crippen molar-refractivity contribution in [2.75, 3.05) is 0 Å². The molecule has 1 N–H and O–H groups in total. The maximum Gasteiger partial charge on any atom is 0.345 e. The molecular weight excluding hydrogens is 580 g/mol. The van der Waals surface area contributed by atoms with Crippen LogP contribution in [-0.2, 0) is 14.3 Å². The predicted octanol–water partition coefficient (Wildman–Crippen LogP) is 4.00. The van der Waals surface area contributed by atoms with Crippen molar-refractivity contribution in [2.24, 2.45) is 5.16 Å². The van der Waals surface area contributed by atoms with E-state index in [0.717, 1.165) is 7.14 Å². The summed E-state index contributed by atoms with van der Waals surface area (Å²) >= 11 is 4.08. The first-order chi connectivity index (χ1) is 12.9. The summed E-state index contributed by atoms with van der Waals surface area (Å²) in [5, 5.41) is 11.8. The average molecular weight is 593 g/mol. The molecule has 0 radical (unpaired) electrons. The summed E-state index contributed by atoms with van der Waals surface area (Å²) < 4.78 is 11.4. The van der Waals surface area contributed by atoms with E-state index >= 15 is 0 Å². The third-order valence-electron chi connectivity index (χ3n) is 3.19. The molecule has 0 saturated carbocycles. The SMILES string of the molecule is O=C(CC/C(=N/O)OC(=O)c1cccc(I)c1)OC(=O)c1cccc(I)c1. The lowest BCUT2D eigenvalue weighted by Gasteiger charge is -2.07. The van der Waals surface area contributed by atoms with Crippen molar-refractivity contribution in [1.29, 1.82) is 0 Å². The maximum absolute atomic E-state index is 12.0. The second-order valence-electron chi connectivity index (χ2n) is 5.17. The molecule has 0 aliphatic heterocycles. The zero-order valence-corrected chi connectivity index (χ0v) is 18.0. The largest absolute Gasteiger partial charge is 0.408 e. The molecule has 0 unspecified atom stereocenters. The Morgan fingerprint density at radius 3 is 1.85 bits per heavy atom. The average Bonchev–Trinajstić information content (AvgIpc) is 2.64. The lowest BCUT2D eigenvalue weighted by atomic mass is 10.2. The number of esters is 3. The third-order valence-corrected chi connectivity index (χ3v) is 4.53. The molecule has 9 heteroatoms. The van der Waals surface area contributed by atoms with Gasteiger partial charge in [0.25, 0.3) is 0 Å². The van der Waals surface area contributed by atoms with Crippen molar-refractivity contribution in [1.82, 2.24) is 0 Å². The summed E-state index contributed by atoms with van der Waals surface area (Å²) in [6, 6.07) is 13.2. The van der Waals surface area contributed by atoms with Crippen LogP contribution in [0, 0.1) is 7.14 Å². The Balaban J connectivity index is 1.87. The van der Waals surface area contributed by atoms with Gasteiger partial charge in [-0.1, -0.05) is 17.3 Å². The molecule has 2 aromatic carbocycles. The highest BCUT2D eigenvalue weighted by Crippen LogP contribution is 2.12. The van der Waals surface area contributed by atoms with Gasteiger partial charge in [-0.3, -0.25) is 4.79 Å². The fourth-order valence-corrected chi connectivity index (χ4v) is 3.03. The van der Waals surface area contributed by atoms with Crippen LogP contribution in [0.2, 0.25) is 0 Å². The highest BCUT2D eigenvalue weighted by Gasteiger charge is 2.17. The van der Waals surface area contributed by atoms with E-state index in [1.165, 1.54) is 6.07 Å². The van der Waals surface area contributed by atoms with Gasteiger partial charge in [0, 0.05) is 13.6 Å². The van der Waals surface area contributed by atoms with Crippen LogP contribution in [0.1, 0.15) is 33.6 Å². The van der Waals surface area contributed by atoms with E-state index in [0.29, 0.717) is 0 Å². The molecule has 0 atom stereocenters. The third kappa shape index (κ3) is 6.90. The van der Waals surface area contributed by atoms with Gasteiger partial charge in [0.15, 0.2) is 0 Å². The number of rotatable bonds is 5. The number of hydrogen-bond donors (Lipinski definition) is 1. The van der Waals surface area contributed by atoms with Crippen LogP contribution >= 0.6 is 45.2 Å². The fourth-order valence-electron chi connectivity index (χ4n) is 1.94. The van der Waals surface area contributed by atoms with Crippen molar-refractivity contribution >= 4 is 69.0 Å². The molecule has 27 heavy (non-hydrogen) atoms. The van der Waals surface area contributed by atoms with E-state index in [1.54, 1.807) is 42.5 Å². The van der Waals surface area contributed by atoms with Gasteiger partial charge in [-0.2, -0.15) is 0 Å². The smallest absolute Gasteiger partial charge is 0.345 e. The summed E-state index contributed by atoms with van der Waals surface area (Å²) in [7, 11) is 0. The lowest BCUT2D eigenvalue weighted by Crippen LogP contribution is -2.17. The highest BCUT2D eigenvalue weighted by molar-refractivity contribution is 14.1.